The van der Waals surface area contributed by atoms with Crippen LogP contribution >= 0.6 is 35.4 Å². The van der Waals surface area contributed by atoms with Crippen LogP contribution in [0.2, 0.25) is 10.0 Å². The molecular weight excluding hydrogens is 251 g/mol. The Bertz CT molecular complexity index is 551. The minimum absolute atomic E-state index is 0.429. The Balaban J connectivity index is 2.59. The summed E-state index contributed by atoms with van der Waals surface area (Å²) in [6.45, 7) is 0. The van der Waals surface area contributed by atoms with E-state index >= 15 is 0 Å². The van der Waals surface area contributed by atoms with Gasteiger partial charge in [-0.2, -0.15) is 0 Å². The number of nitrogens with zero attached hydrogens (tertiary/aromatic N) is 1. The minimum Gasteiger partial charge on any atom is -0.330 e. The van der Waals surface area contributed by atoms with Gasteiger partial charge in [-0.05, 0) is 36.5 Å². The second kappa shape index (κ2) is 4.31. The summed E-state index contributed by atoms with van der Waals surface area (Å²) in [7, 11) is 0. The Morgan fingerprint density at radius 1 is 1.20 bits per heavy atom. The topological polar surface area (TPSA) is 28.7 Å². The van der Waals surface area contributed by atoms with Crippen LogP contribution in [0.25, 0.3) is 11.3 Å². The monoisotopic (exact) mass is 256 g/mol. The number of halogens is 2. The van der Waals surface area contributed by atoms with Gasteiger partial charge in [0.25, 0.3) is 0 Å². The van der Waals surface area contributed by atoms with Crippen molar-refractivity contribution >= 4 is 35.4 Å². The molecule has 0 radical (unpaired) electrons. The van der Waals surface area contributed by atoms with Crippen molar-refractivity contribution in [2.24, 2.45) is 0 Å². The summed E-state index contributed by atoms with van der Waals surface area (Å²) in [6, 6.07) is 7.12. The second-order valence-electron chi connectivity index (χ2n) is 2.91. The van der Waals surface area contributed by atoms with E-state index < -0.39 is 0 Å². The smallest absolute Gasteiger partial charge is 0.197 e. The first kappa shape index (κ1) is 10.6. The van der Waals surface area contributed by atoms with E-state index in [4.69, 9.17) is 35.4 Å². The van der Waals surface area contributed by atoms with Gasteiger partial charge in [0.2, 0.25) is 0 Å². The van der Waals surface area contributed by atoms with Gasteiger partial charge >= 0.3 is 0 Å². The van der Waals surface area contributed by atoms with Crippen molar-refractivity contribution in [3.8, 4) is 11.3 Å². The molecule has 2 aromatic rings. The molecule has 1 aromatic carbocycles. The van der Waals surface area contributed by atoms with Crippen molar-refractivity contribution in [3.05, 3.63) is 45.3 Å². The zero-order chi connectivity index (χ0) is 10.8. The Kier molecular flexibility index (Phi) is 3.05. The van der Waals surface area contributed by atoms with Crippen molar-refractivity contribution in [2.45, 2.75) is 0 Å². The molecule has 1 N–H and O–H groups in total. The van der Waals surface area contributed by atoms with Crippen LogP contribution in [0.5, 0.6) is 0 Å². The third-order valence-corrected chi connectivity index (χ3v) is 2.65. The molecule has 0 atom stereocenters. The molecule has 0 saturated heterocycles. The molecule has 0 fully saturated rings. The van der Waals surface area contributed by atoms with Crippen LogP contribution in [0, 0.1) is 4.77 Å². The van der Waals surface area contributed by atoms with Gasteiger partial charge < -0.3 is 4.98 Å². The molecule has 2 rings (SSSR count). The third kappa shape index (κ3) is 2.37. The second-order valence-corrected chi connectivity index (χ2v) is 4.14. The molecule has 2 nitrogen and oxygen atoms in total. The molecule has 0 spiro atoms. The largest absolute Gasteiger partial charge is 0.330 e. The number of benzene rings is 1. The van der Waals surface area contributed by atoms with E-state index in [-0.39, 0.29) is 0 Å². The fraction of sp³-hybridized carbons (Fsp3) is 0. The van der Waals surface area contributed by atoms with Crippen molar-refractivity contribution in [1.29, 1.82) is 0 Å². The summed E-state index contributed by atoms with van der Waals surface area (Å²) < 4.78 is 0.429. The zero-order valence-electron chi connectivity index (χ0n) is 7.50. The lowest BCUT2D eigenvalue weighted by Gasteiger charge is -2.04. The van der Waals surface area contributed by atoms with Crippen molar-refractivity contribution < 1.29 is 0 Å². The normalized spacial score (nSPS) is 10.3. The zero-order valence-corrected chi connectivity index (χ0v) is 9.83. The highest BCUT2D eigenvalue weighted by Gasteiger charge is 2.03. The molecule has 0 amide bonds. The van der Waals surface area contributed by atoms with Gasteiger partial charge in [-0.1, -0.05) is 23.2 Å². The molecule has 0 bridgehead atoms. The Morgan fingerprint density at radius 2 is 2.00 bits per heavy atom. The van der Waals surface area contributed by atoms with Crippen LogP contribution in [-0.2, 0) is 0 Å². The summed E-state index contributed by atoms with van der Waals surface area (Å²) in [5.74, 6) is 0. The maximum atomic E-state index is 6.06. The molecule has 0 aliphatic heterocycles. The van der Waals surface area contributed by atoms with E-state index in [0.717, 1.165) is 11.3 Å². The maximum absolute atomic E-state index is 6.06. The van der Waals surface area contributed by atoms with E-state index in [0.29, 0.717) is 14.8 Å². The van der Waals surface area contributed by atoms with E-state index in [9.17, 15) is 0 Å². The molecule has 0 aliphatic rings. The molecule has 0 unspecified atom stereocenters. The molecule has 1 aromatic heterocycles. The lowest BCUT2D eigenvalue weighted by molar-refractivity contribution is 1.14. The summed E-state index contributed by atoms with van der Waals surface area (Å²) in [6.07, 6.45) is 1.64. The highest BCUT2D eigenvalue weighted by molar-refractivity contribution is 7.71. The Hall–Kier alpha value is -0.900. The van der Waals surface area contributed by atoms with E-state index in [2.05, 4.69) is 9.97 Å². The van der Waals surface area contributed by atoms with Crippen LogP contribution in [0.15, 0.2) is 30.5 Å². The molecule has 76 valence electrons. The number of nitrogens with one attached hydrogen (secondary N) is 1. The standard InChI is InChI=1S/C10H6Cl2N2S/c11-6-1-2-7(8(12)5-6)9-3-4-13-10(15)14-9/h1-5H,(H,13,14,15). The van der Waals surface area contributed by atoms with Crippen LogP contribution in [-0.4, -0.2) is 9.97 Å². The van der Waals surface area contributed by atoms with Gasteiger partial charge in [-0.3, -0.25) is 0 Å². The molecule has 15 heavy (non-hydrogen) atoms. The maximum Gasteiger partial charge on any atom is 0.197 e. The summed E-state index contributed by atoms with van der Waals surface area (Å²) in [5, 5.41) is 1.19. The molecule has 0 aliphatic carbocycles. The van der Waals surface area contributed by atoms with Crippen LogP contribution in [0.3, 0.4) is 0 Å². The fourth-order valence-corrected chi connectivity index (χ4v) is 1.91. The average molecular weight is 257 g/mol. The number of H-pyrrole nitrogens is 1. The first-order valence-corrected chi connectivity index (χ1v) is 5.34. The molecular formula is C10H6Cl2N2S. The van der Waals surface area contributed by atoms with Crippen molar-refractivity contribution in [1.82, 2.24) is 9.97 Å². The molecule has 0 saturated carbocycles. The Labute approximate surface area is 102 Å². The summed E-state index contributed by atoms with van der Waals surface area (Å²) in [5.41, 5.74) is 1.69. The highest BCUT2D eigenvalue weighted by Crippen LogP contribution is 2.28. The van der Waals surface area contributed by atoms with Crippen LogP contribution in [0.4, 0.5) is 0 Å². The van der Waals surface area contributed by atoms with Gasteiger partial charge in [0.05, 0.1) is 10.7 Å². The van der Waals surface area contributed by atoms with Gasteiger partial charge in [0.1, 0.15) is 0 Å². The fourth-order valence-electron chi connectivity index (χ4n) is 1.23. The van der Waals surface area contributed by atoms with Gasteiger partial charge in [-0.25, -0.2) is 4.98 Å². The van der Waals surface area contributed by atoms with Gasteiger partial charge in [0, 0.05) is 16.8 Å². The predicted molar refractivity (Wildman–Crippen MR) is 64.9 cm³/mol. The number of hydrogen-bond donors (Lipinski definition) is 1. The Morgan fingerprint density at radius 3 is 2.67 bits per heavy atom. The predicted octanol–water partition coefficient (Wildman–Crippen LogP) is 4.11. The van der Waals surface area contributed by atoms with E-state index in [1.54, 1.807) is 18.3 Å². The number of aromatic nitrogens is 2. The first-order chi connectivity index (χ1) is 7.16. The summed E-state index contributed by atoms with van der Waals surface area (Å²) in [4.78, 5) is 6.86. The van der Waals surface area contributed by atoms with Crippen LogP contribution < -0.4 is 0 Å². The first-order valence-electron chi connectivity index (χ1n) is 4.17. The number of hydrogen-bond acceptors (Lipinski definition) is 2. The van der Waals surface area contributed by atoms with Gasteiger partial charge in [0.15, 0.2) is 4.77 Å². The summed E-state index contributed by atoms with van der Waals surface area (Å²) >= 11 is 16.8. The quantitative estimate of drug-likeness (QED) is 0.778. The molecule has 1 heterocycles. The molecule has 5 heteroatoms. The van der Waals surface area contributed by atoms with Crippen LogP contribution in [0.1, 0.15) is 0 Å². The lowest BCUT2D eigenvalue weighted by atomic mass is 10.1. The van der Waals surface area contributed by atoms with Crippen molar-refractivity contribution in [2.75, 3.05) is 0 Å². The number of aromatic amines is 1. The van der Waals surface area contributed by atoms with E-state index in [1.165, 1.54) is 0 Å². The average Bonchev–Trinajstić information content (AvgIpc) is 2.17. The number of rotatable bonds is 1. The third-order valence-electron chi connectivity index (χ3n) is 1.90. The highest BCUT2D eigenvalue weighted by atomic mass is 35.5. The lowest BCUT2D eigenvalue weighted by Crippen LogP contribution is -1.86. The SMILES string of the molecule is S=c1nccc(-c2ccc(Cl)cc2Cl)[nH]1. The van der Waals surface area contributed by atoms with Crippen molar-refractivity contribution in [3.63, 3.8) is 0 Å². The van der Waals surface area contributed by atoms with E-state index in [1.807, 2.05) is 12.1 Å². The van der Waals surface area contributed by atoms with Gasteiger partial charge in [-0.15, -0.1) is 0 Å². The minimum atomic E-state index is 0.429.